The first-order valence-electron chi connectivity index (χ1n) is 8.10. The number of hydrogen-bond donors (Lipinski definition) is 2. The van der Waals surface area contributed by atoms with Gasteiger partial charge >= 0.3 is 0 Å². The summed E-state index contributed by atoms with van der Waals surface area (Å²) in [6.07, 6.45) is 0. The third kappa shape index (κ3) is 4.23. The van der Waals surface area contributed by atoms with Crippen molar-refractivity contribution in [1.29, 1.82) is 0 Å². The maximum atomic E-state index is 12.0. The molecular weight excluding hydrogens is 276 g/mol. The lowest BCUT2D eigenvalue weighted by molar-refractivity contribution is -0.126. The van der Waals surface area contributed by atoms with Crippen LogP contribution in [0.2, 0.25) is 0 Å². The molecule has 1 aliphatic heterocycles. The molecule has 122 valence electrons. The van der Waals surface area contributed by atoms with E-state index in [2.05, 4.69) is 37.5 Å². The normalized spacial score (nSPS) is 16.7. The molecule has 22 heavy (non-hydrogen) atoms. The van der Waals surface area contributed by atoms with Crippen molar-refractivity contribution >= 4 is 5.91 Å². The van der Waals surface area contributed by atoms with Crippen LogP contribution in [0.1, 0.15) is 33.3 Å². The van der Waals surface area contributed by atoms with Crippen molar-refractivity contribution in [2.45, 2.75) is 33.1 Å². The van der Waals surface area contributed by atoms with E-state index in [0.29, 0.717) is 19.1 Å². The second kappa shape index (κ2) is 7.14. The molecule has 1 unspecified atom stereocenters. The summed E-state index contributed by atoms with van der Waals surface area (Å²) >= 11 is 0. The Bertz CT molecular complexity index is 504. The molecule has 1 aromatic carbocycles. The number of ether oxygens (including phenoxy) is 1. The summed E-state index contributed by atoms with van der Waals surface area (Å²) in [6.45, 7) is 11.4. The number of carbonyl (C=O) groups is 1. The Morgan fingerprint density at radius 1 is 1.36 bits per heavy atom. The van der Waals surface area contributed by atoms with E-state index in [1.54, 1.807) is 0 Å². The van der Waals surface area contributed by atoms with Crippen LogP contribution in [-0.4, -0.2) is 32.1 Å². The zero-order valence-electron chi connectivity index (χ0n) is 14.1. The molecule has 0 aliphatic carbocycles. The van der Waals surface area contributed by atoms with Crippen LogP contribution in [0.5, 0.6) is 5.75 Å². The van der Waals surface area contributed by atoms with Gasteiger partial charge in [0.05, 0.1) is 6.54 Å². The minimum Gasteiger partial charge on any atom is -0.491 e. The minimum atomic E-state index is 0.0472. The molecule has 0 radical (unpaired) electrons. The fourth-order valence-electron chi connectivity index (χ4n) is 2.59. The van der Waals surface area contributed by atoms with Crippen molar-refractivity contribution in [2.75, 3.05) is 26.2 Å². The maximum absolute atomic E-state index is 12.0. The average molecular weight is 304 g/mol. The topological polar surface area (TPSA) is 50.4 Å². The van der Waals surface area contributed by atoms with Crippen LogP contribution in [0.4, 0.5) is 0 Å². The van der Waals surface area contributed by atoms with Crippen molar-refractivity contribution in [1.82, 2.24) is 10.6 Å². The number of benzene rings is 1. The van der Waals surface area contributed by atoms with Gasteiger partial charge in [0.25, 0.3) is 0 Å². The highest BCUT2D eigenvalue weighted by Crippen LogP contribution is 2.30. The molecule has 2 rings (SSSR count). The van der Waals surface area contributed by atoms with Crippen molar-refractivity contribution in [3.8, 4) is 5.75 Å². The first-order chi connectivity index (χ1) is 10.4. The smallest absolute Gasteiger partial charge is 0.223 e. The second-order valence-corrected chi connectivity index (χ2v) is 7.09. The number of amides is 1. The standard InChI is InChI=1S/C18H28N2O2/c1-13(14-11-19-12-14)17(21)20-9-10-22-16-8-6-5-7-15(16)18(2,3)4/h5-8,13-14,19H,9-12H2,1-4H3,(H,20,21). The first kappa shape index (κ1) is 16.8. The van der Waals surface area contributed by atoms with E-state index in [9.17, 15) is 4.79 Å². The summed E-state index contributed by atoms with van der Waals surface area (Å²) in [7, 11) is 0. The molecule has 1 amide bonds. The third-order valence-corrected chi connectivity index (χ3v) is 4.29. The summed E-state index contributed by atoms with van der Waals surface area (Å²) in [5.74, 6) is 1.57. The van der Waals surface area contributed by atoms with Gasteiger partial charge in [-0.3, -0.25) is 4.79 Å². The zero-order chi connectivity index (χ0) is 16.2. The molecule has 4 nitrogen and oxygen atoms in total. The Hall–Kier alpha value is -1.55. The van der Waals surface area contributed by atoms with Gasteiger partial charge in [0.2, 0.25) is 5.91 Å². The predicted octanol–water partition coefficient (Wildman–Crippen LogP) is 2.33. The van der Waals surface area contributed by atoms with E-state index in [1.807, 2.05) is 25.1 Å². The Balaban J connectivity index is 1.78. The average Bonchev–Trinajstić information content (AvgIpc) is 2.40. The summed E-state index contributed by atoms with van der Waals surface area (Å²) in [5.41, 5.74) is 1.24. The van der Waals surface area contributed by atoms with Gasteiger partial charge in [-0.05, 0) is 36.1 Å². The fourth-order valence-corrected chi connectivity index (χ4v) is 2.59. The molecule has 1 aromatic rings. The number of nitrogens with one attached hydrogen (secondary N) is 2. The Morgan fingerprint density at radius 3 is 2.64 bits per heavy atom. The second-order valence-electron chi connectivity index (χ2n) is 7.09. The van der Waals surface area contributed by atoms with E-state index in [4.69, 9.17) is 4.74 Å². The highest BCUT2D eigenvalue weighted by molar-refractivity contribution is 5.78. The van der Waals surface area contributed by atoms with Gasteiger partial charge in [-0.15, -0.1) is 0 Å². The molecule has 0 saturated carbocycles. The number of carbonyl (C=O) groups excluding carboxylic acids is 1. The molecule has 1 aliphatic rings. The van der Waals surface area contributed by atoms with Crippen molar-refractivity contribution in [2.24, 2.45) is 11.8 Å². The molecule has 1 saturated heterocycles. The lowest BCUT2D eigenvalue weighted by atomic mass is 9.86. The van der Waals surface area contributed by atoms with E-state index in [1.165, 1.54) is 5.56 Å². The van der Waals surface area contributed by atoms with Crippen LogP contribution in [0.3, 0.4) is 0 Å². The van der Waals surface area contributed by atoms with Gasteiger partial charge in [-0.2, -0.15) is 0 Å². The molecular formula is C18H28N2O2. The molecule has 1 fully saturated rings. The largest absolute Gasteiger partial charge is 0.491 e. The van der Waals surface area contributed by atoms with Crippen LogP contribution < -0.4 is 15.4 Å². The van der Waals surface area contributed by atoms with E-state index < -0.39 is 0 Å². The summed E-state index contributed by atoms with van der Waals surface area (Å²) in [5, 5.41) is 6.17. The molecule has 0 spiro atoms. The number of rotatable bonds is 6. The molecule has 0 aromatic heterocycles. The van der Waals surface area contributed by atoms with Crippen molar-refractivity contribution in [3.63, 3.8) is 0 Å². The van der Waals surface area contributed by atoms with E-state index in [0.717, 1.165) is 18.8 Å². The fraction of sp³-hybridized carbons (Fsp3) is 0.611. The highest BCUT2D eigenvalue weighted by atomic mass is 16.5. The molecule has 0 bridgehead atoms. The first-order valence-corrected chi connectivity index (χ1v) is 8.10. The van der Waals surface area contributed by atoms with E-state index in [-0.39, 0.29) is 17.2 Å². The zero-order valence-corrected chi connectivity index (χ0v) is 14.1. The van der Waals surface area contributed by atoms with Crippen LogP contribution in [0.25, 0.3) is 0 Å². The van der Waals surface area contributed by atoms with Crippen molar-refractivity contribution < 1.29 is 9.53 Å². The Morgan fingerprint density at radius 2 is 2.05 bits per heavy atom. The van der Waals surface area contributed by atoms with Crippen LogP contribution in [-0.2, 0) is 10.2 Å². The van der Waals surface area contributed by atoms with Gasteiger partial charge in [-0.1, -0.05) is 45.9 Å². The van der Waals surface area contributed by atoms with Crippen LogP contribution >= 0.6 is 0 Å². The third-order valence-electron chi connectivity index (χ3n) is 4.29. The predicted molar refractivity (Wildman–Crippen MR) is 89.2 cm³/mol. The number of para-hydroxylation sites is 1. The van der Waals surface area contributed by atoms with Gasteiger partial charge in [0.15, 0.2) is 0 Å². The van der Waals surface area contributed by atoms with E-state index >= 15 is 0 Å². The summed E-state index contributed by atoms with van der Waals surface area (Å²) < 4.78 is 5.87. The van der Waals surface area contributed by atoms with Gasteiger partial charge < -0.3 is 15.4 Å². The van der Waals surface area contributed by atoms with Gasteiger partial charge in [-0.25, -0.2) is 0 Å². The summed E-state index contributed by atoms with van der Waals surface area (Å²) in [6, 6.07) is 8.10. The monoisotopic (exact) mass is 304 g/mol. The Labute approximate surface area is 133 Å². The SMILES string of the molecule is CC(C(=O)NCCOc1ccccc1C(C)(C)C)C1CNC1. The molecule has 2 N–H and O–H groups in total. The number of hydrogen-bond acceptors (Lipinski definition) is 3. The van der Waals surface area contributed by atoms with Crippen LogP contribution in [0.15, 0.2) is 24.3 Å². The van der Waals surface area contributed by atoms with Crippen molar-refractivity contribution in [3.05, 3.63) is 29.8 Å². The Kier molecular flexibility index (Phi) is 5.46. The van der Waals surface area contributed by atoms with Crippen LogP contribution in [0, 0.1) is 11.8 Å². The molecule has 1 heterocycles. The lowest BCUT2D eigenvalue weighted by Crippen LogP contribution is -2.50. The molecule has 4 heteroatoms. The maximum Gasteiger partial charge on any atom is 0.223 e. The van der Waals surface area contributed by atoms with Gasteiger partial charge in [0.1, 0.15) is 12.4 Å². The quantitative estimate of drug-likeness (QED) is 0.793. The lowest BCUT2D eigenvalue weighted by Gasteiger charge is -2.31. The summed E-state index contributed by atoms with van der Waals surface area (Å²) in [4.78, 5) is 12.0. The minimum absolute atomic E-state index is 0.0472. The highest BCUT2D eigenvalue weighted by Gasteiger charge is 2.28. The molecule has 1 atom stereocenters. The van der Waals surface area contributed by atoms with Gasteiger partial charge in [0, 0.05) is 5.92 Å².